The topological polar surface area (TPSA) is 101 Å². The molecule has 3 rings (SSSR count). The van der Waals surface area contributed by atoms with Crippen molar-refractivity contribution in [3.05, 3.63) is 65.3 Å². The highest BCUT2D eigenvalue weighted by Crippen LogP contribution is 2.19. The van der Waals surface area contributed by atoms with Gasteiger partial charge in [0.15, 0.2) is 5.76 Å². The Hall–Kier alpha value is -3.48. The number of rotatable bonds is 6. The van der Waals surface area contributed by atoms with Crippen molar-refractivity contribution in [3.8, 4) is 0 Å². The average molecular weight is 351 g/mol. The number of carbonyl (C=O) groups excluding carboxylic acids is 3. The van der Waals surface area contributed by atoms with Gasteiger partial charge in [-0.1, -0.05) is 12.1 Å². The van der Waals surface area contributed by atoms with Crippen LogP contribution in [0.4, 0.5) is 5.69 Å². The van der Waals surface area contributed by atoms with Crippen LogP contribution in [0.15, 0.2) is 63.3 Å². The minimum Gasteiger partial charge on any atom is -0.461 e. The number of nitrogens with zero attached hydrogens (tertiary/aromatic N) is 1. The molecule has 1 aromatic heterocycles. The lowest BCUT2D eigenvalue weighted by Crippen LogP contribution is -2.23. The van der Waals surface area contributed by atoms with Crippen LogP contribution in [0.2, 0.25) is 0 Å². The van der Waals surface area contributed by atoms with E-state index < -0.39 is 5.91 Å². The van der Waals surface area contributed by atoms with E-state index in [1.807, 2.05) is 0 Å². The fraction of sp³-hybridized carbons (Fsp3) is 0.158. The van der Waals surface area contributed by atoms with Crippen molar-refractivity contribution < 1.29 is 18.8 Å². The van der Waals surface area contributed by atoms with Gasteiger partial charge < -0.3 is 15.1 Å². The molecular formula is C19H17N3O4. The quantitative estimate of drug-likeness (QED) is 0.779. The fourth-order valence-corrected chi connectivity index (χ4v) is 2.54. The van der Waals surface area contributed by atoms with Gasteiger partial charge >= 0.3 is 0 Å². The summed E-state index contributed by atoms with van der Waals surface area (Å²) in [5, 5.41) is 5.20. The number of nitrogens with one attached hydrogen (secondary N) is 2. The van der Waals surface area contributed by atoms with Crippen LogP contribution >= 0.6 is 0 Å². The SMILES string of the molecule is CNC(=O)C1=C(C(=O)Nc2ccc(CC(=O)c3ccco3)cc2)CC=N1. The molecule has 0 bridgehead atoms. The first-order valence-electron chi connectivity index (χ1n) is 8.03. The van der Waals surface area contributed by atoms with Crippen LogP contribution in [0, 0.1) is 0 Å². The summed E-state index contributed by atoms with van der Waals surface area (Å²) in [6.45, 7) is 0. The molecule has 0 fully saturated rings. The van der Waals surface area contributed by atoms with Crippen molar-refractivity contribution in [2.45, 2.75) is 12.8 Å². The maximum absolute atomic E-state index is 12.4. The summed E-state index contributed by atoms with van der Waals surface area (Å²) in [5.74, 6) is -0.566. The van der Waals surface area contributed by atoms with Crippen LogP contribution in [-0.2, 0) is 16.0 Å². The van der Waals surface area contributed by atoms with Gasteiger partial charge in [-0.2, -0.15) is 0 Å². The number of anilines is 1. The summed E-state index contributed by atoms with van der Waals surface area (Å²) in [6, 6.07) is 10.2. The number of carbonyl (C=O) groups is 3. The zero-order chi connectivity index (χ0) is 18.5. The molecule has 2 amide bonds. The van der Waals surface area contributed by atoms with Gasteiger partial charge in [-0.25, -0.2) is 0 Å². The van der Waals surface area contributed by atoms with Gasteiger partial charge in [0, 0.05) is 31.8 Å². The van der Waals surface area contributed by atoms with Crippen LogP contribution in [0.25, 0.3) is 0 Å². The summed E-state index contributed by atoms with van der Waals surface area (Å²) >= 11 is 0. The highest BCUT2D eigenvalue weighted by Gasteiger charge is 2.23. The molecule has 26 heavy (non-hydrogen) atoms. The number of amides is 2. The van der Waals surface area contributed by atoms with E-state index in [2.05, 4.69) is 15.6 Å². The van der Waals surface area contributed by atoms with Crippen LogP contribution in [0.3, 0.4) is 0 Å². The van der Waals surface area contributed by atoms with E-state index in [4.69, 9.17) is 4.42 Å². The zero-order valence-corrected chi connectivity index (χ0v) is 14.1. The molecule has 132 valence electrons. The summed E-state index contributed by atoms with van der Waals surface area (Å²) < 4.78 is 5.08. The van der Waals surface area contributed by atoms with Crippen LogP contribution < -0.4 is 10.6 Å². The van der Waals surface area contributed by atoms with Gasteiger partial charge in [0.2, 0.25) is 5.78 Å². The number of hydrogen-bond donors (Lipinski definition) is 2. The Bertz CT molecular complexity index is 893. The molecule has 0 unspecified atom stereocenters. The van der Waals surface area contributed by atoms with Crippen molar-refractivity contribution in [1.29, 1.82) is 0 Å². The van der Waals surface area contributed by atoms with E-state index in [1.54, 1.807) is 36.4 Å². The number of Topliss-reactive ketones (excluding diaryl/α,β-unsaturated/α-hetero) is 1. The first-order chi connectivity index (χ1) is 12.6. The Morgan fingerprint density at radius 1 is 1.12 bits per heavy atom. The lowest BCUT2D eigenvalue weighted by molar-refractivity contribution is -0.118. The first-order valence-corrected chi connectivity index (χ1v) is 8.03. The Morgan fingerprint density at radius 3 is 2.54 bits per heavy atom. The highest BCUT2D eigenvalue weighted by atomic mass is 16.3. The van der Waals surface area contributed by atoms with Gasteiger partial charge in [0.05, 0.1) is 11.8 Å². The number of ketones is 1. The van der Waals surface area contributed by atoms with Crippen LogP contribution in [0.1, 0.15) is 22.5 Å². The van der Waals surface area contributed by atoms with E-state index in [0.717, 1.165) is 5.56 Å². The maximum atomic E-state index is 12.4. The monoisotopic (exact) mass is 351 g/mol. The van der Waals surface area contributed by atoms with Crippen molar-refractivity contribution in [2.24, 2.45) is 4.99 Å². The standard InChI is InChI=1S/C19H17N3O4/c1-20-19(25)17-14(8-9-21-17)18(24)22-13-6-4-12(5-7-13)11-15(23)16-3-2-10-26-16/h2-7,9-10H,8,11H2,1H3,(H,20,25)(H,22,24). The molecule has 1 aliphatic heterocycles. The number of hydrogen-bond acceptors (Lipinski definition) is 5. The van der Waals surface area contributed by atoms with E-state index in [0.29, 0.717) is 23.4 Å². The fourth-order valence-electron chi connectivity index (χ4n) is 2.54. The molecule has 2 N–H and O–H groups in total. The van der Waals surface area contributed by atoms with E-state index in [1.165, 1.54) is 19.5 Å². The molecule has 0 spiro atoms. The molecule has 1 aliphatic rings. The smallest absolute Gasteiger partial charge is 0.270 e. The van der Waals surface area contributed by atoms with Gasteiger partial charge in [-0.05, 0) is 29.8 Å². The Labute approximate surface area is 149 Å². The molecule has 1 aromatic carbocycles. The van der Waals surface area contributed by atoms with Gasteiger partial charge in [-0.15, -0.1) is 0 Å². The Balaban J connectivity index is 1.65. The molecule has 0 saturated heterocycles. The third-order valence-corrected chi connectivity index (χ3v) is 3.89. The summed E-state index contributed by atoms with van der Waals surface area (Å²) in [5.41, 5.74) is 1.82. The van der Waals surface area contributed by atoms with E-state index in [-0.39, 0.29) is 23.8 Å². The van der Waals surface area contributed by atoms with Gasteiger partial charge in [0.25, 0.3) is 11.8 Å². The molecule has 0 atom stereocenters. The third kappa shape index (κ3) is 3.77. The Morgan fingerprint density at radius 2 is 1.88 bits per heavy atom. The number of likely N-dealkylation sites (N-methyl/N-ethyl adjacent to an activating group) is 1. The predicted octanol–water partition coefficient (Wildman–Crippen LogP) is 2.12. The van der Waals surface area contributed by atoms with Gasteiger partial charge in [-0.3, -0.25) is 19.4 Å². The molecule has 2 heterocycles. The van der Waals surface area contributed by atoms with Crippen molar-refractivity contribution in [2.75, 3.05) is 12.4 Å². The number of aliphatic imine (C=N–C) groups is 1. The molecule has 0 saturated carbocycles. The molecule has 2 aromatic rings. The normalized spacial score (nSPS) is 13.0. The summed E-state index contributed by atoms with van der Waals surface area (Å²) in [6.07, 6.45) is 3.51. The molecule has 0 radical (unpaired) electrons. The molecule has 0 aliphatic carbocycles. The minimum absolute atomic E-state index is 0.115. The van der Waals surface area contributed by atoms with Crippen molar-refractivity contribution in [1.82, 2.24) is 5.32 Å². The summed E-state index contributed by atoms with van der Waals surface area (Å²) in [7, 11) is 1.49. The molecule has 7 nitrogen and oxygen atoms in total. The van der Waals surface area contributed by atoms with E-state index in [9.17, 15) is 14.4 Å². The predicted molar refractivity (Wildman–Crippen MR) is 96.0 cm³/mol. The zero-order valence-electron chi connectivity index (χ0n) is 14.1. The highest BCUT2D eigenvalue weighted by molar-refractivity contribution is 6.13. The minimum atomic E-state index is -0.393. The first kappa shape index (κ1) is 17.3. The van der Waals surface area contributed by atoms with Crippen molar-refractivity contribution >= 4 is 29.5 Å². The lowest BCUT2D eigenvalue weighted by Gasteiger charge is -2.08. The molecule has 7 heteroatoms. The van der Waals surface area contributed by atoms with Crippen LogP contribution in [0.5, 0.6) is 0 Å². The van der Waals surface area contributed by atoms with E-state index >= 15 is 0 Å². The number of benzene rings is 1. The second-order valence-corrected chi connectivity index (χ2v) is 5.65. The second-order valence-electron chi connectivity index (χ2n) is 5.65. The maximum Gasteiger partial charge on any atom is 0.270 e. The Kier molecular flexibility index (Phi) is 5.07. The summed E-state index contributed by atoms with van der Waals surface area (Å²) in [4.78, 5) is 40.1. The second kappa shape index (κ2) is 7.60. The lowest BCUT2D eigenvalue weighted by atomic mass is 10.1. The van der Waals surface area contributed by atoms with Crippen LogP contribution in [-0.4, -0.2) is 30.9 Å². The van der Waals surface area contributed by atoms with Gasteiger partial charge in [0.1, 0.15) is 5.70 Å². The average Bonchev–Trinajstić information content (AvgIpc) is 3.34. The number of furan rings is 1. The third-order valence-electron chi connectivity index (χ3n) is 3.89. The molecular weight excluding hydrogens is 334 g/mol. The largest absolute Gasteiger partial charge is 0.461 e. The van der Waals surface area contributed by atoms with Crippen molar-refractivity contribution in [3.63, 3.8) is 0 Å².